The lowest BCUT2D eigenvalue weighted by Gasteiger charge is -2.27. The van der Waals surface area contributed by atoms with Crippen molar-refractivity contribution in [2.45, 2.75) is 26.3 Å². The van der Waals surface area contributed by atoms with E-state index < -0.39 is 5.54 Å². The van der Waals surface area contributed by atoms with Crippen LogP contribution in [-0.2, 0) is 4.79 Å². The highest BCUT2D eigenvalue weighted by Crippen LogP contribution is 2.20. The molecule has 1 heterocycles. The van der Waals surface area contributed by atoms with Gasteiger partial charge in [-0.05, 0) is 37.1 Å². The van der Waals surface area contributed by atoms with Crippen LogP contribution in [-0.4, -0.2) is 28.3 Å². The van der Waals surface area contributed by atoms with Crippen LogP contribution in [0, 0.1) is 17.2 Å². The van der Waals surface area contributed by atoms with E-state index in [1.54, 1.807) is 31.2 Å². The number of carbonyl (C=O) groups is 1. The van der Waals surface area contributed by atoms with Crippen LogP contribution in [0.2, 0.25) is 0 Å². The van der Waals surface area contributed by atoms with E-state index in [2.05, 4.69) is 21.6 Å². The standard InChI is InChI=1S/C16H18N4O3/c1-11(2)16(3,9-17)19-14(21)8-22-13-6-4-12(5-7-13)15-20-18-10-23-15/h4-7,10-11H,8H2,1-3H3,(H,19,21)/t16-/m0/s1. The Hall–Kier alpha value is -2.88. The van der Waals surface area contributed by atoms with E-state index in [1.807, 2.05) is 13.8 Å². The van der Waals surface area contributed by atoms with Crippen molar-refractivity contribution in [3.8, 4) is 23.3 Å². The predicted molar refractivity (Wildman–Crippen MR) is 82.2 cm³/mol. The molecule has 0 saturated carbocycles. The van der Waals surface area contributed by atoms with Gasteiger partial charge in [0.15, 0.2) is 6.61 Å². The number of aromatic nitrogens is 2. The first-order chi connectivity index (χ1) is 10.9. The van der Waals surface area contributed by atoms with Crippen molar-refractivity contribution in [2.75, 3.05) is 6.61 Å². The predicted octanol–water partition coefficient (Wildman–Crippen LogP) is 2.17. The summed E-state index contributed by atoms with van der Waals surface area (Å²) in [7, 11) is 0. The second kappa shape index (κ2) is 6.92. The summed E-state index contributed by atoms with van der Waals surface area (Å²) in [5, 5.41) is 19.3. The minimum Gasteiger partial charge on any atom is -0.484 e. The van der Waals surface area contributed by atoms with Crippen LogP contribution in [0.1, 0.15) is 20.8 Å². The number of hydrogen-bond acceptors (Lipinski definition) is 6. The zero-order chi connectivity index (χ0) is 16.9. The van der Waals surface area contributed by atoms with Crippen LogP contribution < -0.4 is 10.1 Å². The van der Waals surface area contributed by atoms with E-state index >= 15 is 0 Å². The van der Waals surface area contributed by atoms with E-state index in [0.29, 0.717) is 11.6 Å². The molecule has 7 heteroatoms. The minimum atomic E-state index is -0.914. The summed E-state index contributed by atoms with van der Waals surface area (Å²) in [4.78, 5) is 11.9. The van der Waals surface area contributed by atoms with Crippen LogP contribution in [0.3, 0.4) is 0 Å². The van der Waals surface area contributed by atoms with Gasteiger partial charge in [0.1, 0.15) is 11.3 Å². The number of nitrogens with zero attached hydrogens (tertiary/aromatic N) is 3. The first-order valence-electron chi connectivity index (χ1n) is 7.16. The Bertz CT molecular complexity index is 689. The van der Waals surface area contributed by atoms with Crippen molar-refractivity contribution in [1.82, 2.24) is 15.5 Å². The summed E-state index contributed by atoms with van der Waals surface area (Å²) in [6.07, 6.45) is 1.25. The molecule has 0 fully saturated rings. The molecule has 2 rings (SSSR count). The fourth-order valence-corrected chi connectivity index (χ4v) is 1.77. The fraction of sp³-hybridized carbons (Fsp3) is 0.375. The second-order valence-corrected chi connectivity index (χ2v) is 5.57. The molecule has 0 unspecified atom stereocenters. The summed E-state index contributed by atoms with van der Waals surface area (Å²) >= 11 is 0. The molecule has 1 amide bonds. The van der Waals surface area contributed by atoms with Gasteiger partial charge in [-0.15, -0.1) is 10.2 Å². The Labute approximate surface area is 134 Å². The summed E-state index contributed by atoms with van der Waals surface area (Å²) in [5.74, 6) is 0.594. The Morgan fingerprint density at radius 3 is 2.65 bits per heavy atom. The van der Waals surface area contributed by atoms with Crippen molar-refractivity contribution in [3.63, 3.8) is 0 Å². The highest BCUT2D eigenvalue weighted by atomic mass is 16.5. The Balaban J connectivity index is 1.91. The quantitative estimate of drug-likeness (QED) is 0.877. The molecular formula is C16H18N4O3. The molecular weight excluding hydrogens is 296 g/mol. The third kappa shape index (κ3) is 4.07. The van der Waals surface area contributed by atoms with Gasteiger partial charge in [-0.3, -0.25) is 4.79 Å². The van der Waals surface area contributed by atoms with Crippen LogP contribution in [0.4, 0.5) is 0 Å². The Kier molecular flexibility index (Phi) is 4.96. The first kappa shape index (κ1) is 16.5. The number of ether oxygens (including phenoxy) is 1. The smallest absolute Gasteiger partial charge is 0.259 e. The van der Waals surface area contributed by atoms with E-state index in [4.69, 9.17) is 9.15 Å². The van der Waals surface area contributed by atoms with Crippen molar-refractivity contribution in [3.05, 3.63) is 30.7 Å². The monoisotopic (exact) mass is 314 g/mol. The lowest BCUT2D eigenvalue weighted by atomic mass is 9.90. The molecule has 2 aromatic rings. The molecule has 1 aromatic heterocycles. The molecule has 120 valence electrons. The number of nitrogens with one attached hydrogen (secondary N) is 1. The van der Waals surface area contributed by atoms with Crippen molar-refractivity contribution >= 4 is 5.91 Å². The molecule has 7 nitrogen and oxygen atoms in total. The topological polar surface area (TPSA) is 101 Å². The van der Waals surface area contributed by atoms with E-state index in [9.17, 15) is 10.1 Å². The molecule has 0 bridgehead atoms. The van der Waals surface area contributed by atoms with E-state index in [-0.39, 0.29) is 18.4 Å². The maximum Gasteiger partial charge on any atom is 0.259 e. The highest BCUT2D eigenvalue weighted by Gasteiger charge is 2.29. The van der Waals surface area contributed by atoms with Gasteiger partial charge in [0.2, 0.25) is 12.3 Å². The number of amides is 1. The normalized spacial score (nSPS) is 13.2. The van der Waals surface area contributed by atoms with Gasteiger partial charge in [-0.25, -0.2) is 0 Å². The number of carbonyl (C=O) groups excluding carboxylic acids is 1. The number of benzene rings is 1. The molecule has 0 radical (unpaired) electrons. The third-order valence-corrected chi connectivity index (χ3v) is 3.62. The Morgan fingerprint density at radius 2 is 2.13 bits per heavy atom. The highest BCUT2D eigenvalue weighted by molar-refractivity contribution is 5.78. The molecule has 23 heavy (non-hydrogen) atoms. The van der Waals surface area contributed by atoms with Gasteiger partial charge in [-0.2, -0.15) is 5.26 Å². The maximum absolute atomic E-state index is 11.9. The molecule has 0 aliphatic carbocycles. The number of rotatable bonds is 6. The lowest BCUT2D eigenvalue weighted by Crippen LogP contribution is -2.50. The number of hydrogen-bond donors (Lipinski definition) is 1. The van der Waals surface area contributed by atoms with Crippen LogP contribution in [0.5, 0.6) is 5.75 Å². The SMILES string of the molecule is CC(C)[C@](C)(C#N)NC(=O)COc1ccc(-c2nnco2)cc1. The van der Waals surface area contributed by atoms with Crippen molar-refractivity contribution in [1.29, 1.82) is 5.26 Å². The second-order valence-electron chi connectivity index (χ2n) is 5.57. The third-order valence-electron chi connectivity index (χ3n) is 3.62. The fourth-order valence-electron chi connectivity index (χ4n) is 1.77. The van der Waals surface area contributed by atoms with E-state index in [1.165, 1.54) is 6.39 Å². The van der Waals surface area contributed by atoms with Gasteiger partial charge >= 0.3 is 0 Å². The van der Waals surface area contributed by atoms with Crippen molar-refractivity contribution < 1.29 is 13.9 Å². The molecule has 0 saturated heterocycles. The first-order valence-corrected chi connectivity index (χ1v) is 7.16. The van der Waals surface area contributed by atoms with Gasteiger partial charge in [0.25, 0.3) is 5.91 Å². The lowest BCUT2D eigenvalue weighted by molar-refractivity contribution is -0.124. The Morgan fingerprint density at radius 1 is 1.43 bits per heavy atom. The zero-order valence-electron chi connectivity index (χ0n) is 13.2. The summed E-state index contributed by atoms with van der Waals surface area (Å²) < 4.78 is 10.5. The summed E-state index contributed by atoms with van der Waals surface area (Å²) in [5.41, 5.74) is -0.154. The van der Waals surface area contributed by atoms with Crippen LogP contribution in [0.25, 0.3) is 11.5 Å². The average Bonchev–Trinajstić information content (AvgIpc) is 3.07. The molecule has 0 aliphatic heterocycles. The molecule has 0 aliphatic rings. The van der Waals surface area contributed by atoms with Crippen molar-refractivity contribution in [2.24, 2.45) is 5.92 Å². The number of nitriles is 1. The van der Waals surface area contributed by atoms with Crippen LogP contribution >= 0.6 is 0 Å². The summed E-state index contributed by atoms with van der Waals surface area (Å²) in [6, 6.07) is 9.05. The molecule has 0 spiro atoms. The summed E-state index contributed by atoms with van der Waals surface area (Å²) in [6.45, 7) is 5.28. The van der Waals surface area contributed by atoms with Gasteiger partial charge in [0.05, 0.1) is 6.07 Å². The molecule has 1 atom stereocenters. The van der Waals surface area contributed by atoms with E-state index in [0.717, 1.165) is 5.56 Å². The largest absolute Gasteiger partial charge is 0.484 e. The average molecular weight is 314 g/mol. The van der Waals surface area contributed by atoms with Gasteiger partial charge in [-0.1, -0.05) is 13.8 Å². The van der Waals surface area contributed by atoms with Crippen LogP contribution in [0.15, 0.2) is 35.1 Å². The molecule has 1 aromatic carbocycles. The minimum absolute atomic E-state index is 0.00913. The van der Waals surface area contributed by atoms with Gasteiger partial charge in [0, 0.05) is 5.56 Å². The zero-order valence-corrected chi connectivity index (χ0v) is 13.2. The van der Waals surface area contributed by atoms with Gasteiger partial charge < -0.3 is 14.5 Å². The molecule has 1 N–H and O–H groups in total. The maximum atomic E-state index is 11.9.